The van der Waals surface area contributed by atoms with E-state index < -0.39 is 0 Å². The molecule has 1 aliphatic rings. The molecule has 0 unspecified atom stereocenters. The van der Waals surface area contributed by atoms with Crippen molar-refractivity contribution in [2.45, 2.75) is 77.9 Å². The summed E-state index contributed by atoms with van der Waals surface area (Å²) in [5.41, 5.74) is 1.57. The molecule has 6 nitrogen and oxygen atoms in total. The number of nitrogens with one attached hydrogen (secondary N) is 1. The minimum absolute atomic E-state index is 0.0327. The van der Waals surface area contributed by atoms with Gasteiger partial charge in [-0.3, -0.25) is 4.79 Å². The zero-order valence-corrected chi connectivity index (χ0v) is 20.8. The number of hydrogen-bond acceptors (Lipinski definition) is 5. The highest BCUT2D eigenvalue weighted by Gasteiger charge is 2.41. The maximum Gasteiger partial charge on any atom is 0.257 e. The van der Waals surface area contributed by atoms with Crippen molar-refractivity contribution >= 4 is 5.91 Å². The standard InChI is InChI=1S/C26H38N2O4/c1-17-13-22(18(2)32-17)24(29)28(20-15-25(3,4)27-26(5,6)16-20)12-11-19-9-10-21(30-7)14-23(19)31-8/h9-10,13-14,20,27H,11-12,15-16H2,1-8H3. The summed E-state index contributed by atoms with van der Waals surface area (Å²) in [6.07, 6.45) is 2.47. The third-order valence-corrected chi connectivity index (χ3v) is 6.26. The van der Waals surface area contributed by atoms with E-state index in [1.165, 1.54) is 0 Å². The average Bonchev–Trinajstić information content (AvgIpc) is 3.03. The van der Waals surface area contributed by atoms with Gasteiger partial charge in [0.25, 0.3) is 5.91 Å². The topological polar surface area (TPSA) is 63.9 Å². The highest BCUT2D eigenvalue weighted by molar-refractivity contribution is 5.95. The first-order chi connectivity index (χ1) is 14.9. The van der Waals surface area contributed by atoms with Crippen LogP contribution in [-0.2, 0) is 6.42 Å². The van der Waals surface area contributed by atoms with Crippen molar-refractivity contribution in [3.63, 3.8) is 0 Å². The van der Waals surface area contributed by atoms with E-state index in [1.807, 2.05) is 43.0 Å². The van der Waals surface area contributed by atoms with Gasteiger partial charge in [-0.25, -0.2) is 0 Å². The molecule has 2 aromatic rings. The quantitative estimate of drug-likeness (QED) is 0.660. The molecular weight excluding hydrogens is 404 g/mol. The Hall–Kier alpha value is -2.47. The Bertz CT molecular complexity index is 945. The van der Waals surface area contributed by atoms with E-state index >= 15 is 0 Å². The van der Waals surface area contributed by atoms with Gasteiger partial charge in [0.2, 0.25) is 0 Å². The summed E-state index contributed by atoms with van der Waals surface area (Å²) in [5, 5.41) is 3.73. The number of nitrogens with zero attached hydrogens (tertiary/aromatic N) is 1. The molecule has 1 aromatic heterocycles. The minimum Gasteiger partial charge on any atom is -0.497 e. The number of methoxy groups -OCH3 is 2. The third-order valence-electron chi connectivity index (χ3n) is 6.26. The van der Waals surface area contributed by atoms with E-state index in [4.69, 9.17) is 13.9 Å². The fourth-order valence-electron chi connectivity index (χ4n) is 5.24. The summed E-state index contributed by atoms with van der Waals surface area (Å²) in [5.74, 6) is 2.99. The molecule has 32 heavy (non-hydrogen) atoms. The highest BCUT2D eigenvalue weighted by Crippen LogP contribution is 2.33. The molecule has 1 N–H and O–H groups in total. The number of ether oxygens (including phenoxy) is 2. The van der Waals surface area contributed by atoms with E-state index in [0.29, 0.717) is 24.3 Å². The Morgan fingerprint density at radius 1 is 1.09 bits per heavy atom. The van der Waals surface area contributed by atoms with Gasteiger partial charge in [-0.2, -0.15) is 0 Å². The highest BCUT2D eigenvalue weighted by atomic mass is 16.5. The first-order valence-electron chi connectivity index (χ1n) is 11.3. The lowest BCUT2D eigenvalue weighted by molar-refractivity contribution is 0.0447. The fraction of sp³-hybridized carbons (Fsp3) is 0.577. The van der Waals surface area contributed by atoms with Crippen molar-refractivity contribution in [3.8, 4) is 11.5 Å². The van der Waals surface area contributed by atoms with Crippen molar-refractivity contribution in [1.82, 2.24) is 10.2 Å². The van der Waals surface area contributed by atoms with Gasteiger partial charge < -0.3 is 24.1 Å². The molecule has 176 valence electrons. The van der Waals surface area contributed by atoms with Gasteiger partial charge in [0.15, 0.2) is 0 Å². The summed E-state index contributed by atoms with van der Waals surface area (Å²) >= 11 is 0. The van der Waals surface area contributed by atoms with Gasteiger partial charge in [-0.05, 0) is 78.5 Å². The van der Waals surface area contributed by atoms with Gasteiger partial charge in [-0.15, -0.1) is 0 Å². The first kappa shape index (κ1) is 24.2. The Balaban J connectivity index is 1.92. The van der Waals surface area contributed by atoms with E-state index in [0.717, 1.165) is 35.7 Å². The number of benzene rings is 1. The van der Waals surface area contributed by atoms with E-state index in [2.05, 4.69) is 33.0 Å². The summed E-state index contributed by atoms with van der Waals surface area (Å²) in [4.78, 5) is 15.8. The van der Waals surface area contributed by atoms with Crippen molar-refractivity contribution in [2.75, 3.05) is 20.8 Å². The Morgan fingerprint density at radius 3 is 2.28 bits per heavy atom. The fourth-order valence-corrected chi connectivity index (χ4v) is 5.24. The Morgan fingerprint density at radius 2 is 1.75 bits per heavy atom. The molecule has 2 heterocycles. The number of piperidine rings is 1. The number of carbonyl (C=O) groups excluding carboxylic acids is 1. The van der Waals surface area contributed by atoms with Gasteiger partial charge >= 0.3 is 0 Å². The Kier molecular flexibility index (Phi) is 6.94. The molecule has 1 fully saturated rings. The molecule has 0 atom stereocenters. The SMILES string of the molecule is COc1ccc(CCN(C(=O)c2cc(C)oc2C)C2CC(C)(C)NC(C)(C)C2)c(OC)c1. The molecule has 0 radical (unpaired) electrons. The lowest BCUT2D eigenvalue weighted by atomic mass is 9.78. The summed E-state index contributed by atoms with van der Waals surface area (Å²) in [6, 6.07) is 7.82. The van der Waals surface area contributed by atoms with Crippen LogP contribution in [0.3, 0.4) is 0 Å². The van der Waals surface area contributed by atoms with Crippen molar-refractivity contribution in [2.24, 2.45) is 0 Å². The smallest absolute Gasteiger partial charge is 0.257 e. The molecule has 0 aliphatic carbocycles. The van der Waals surface area contributed by atoms with Crippen LogP contribution in [0.1, 0.15) is 68.0 Å². The number of rotatable bonds is 7. The second kappa shape index (κ2) is 9.18. The van der Waals surface area contributed by atoms with Gasteiger partial charge in [-0.1, -0.05) is 6.07 Å². The van der Waals surface area contributed by atoms with E-state index in [9.17, 15) is 4.79 Å². The van der Waals surface area contributed by atoms with Crippen LogP contribution < -0.4 is 14.8 Å². The summed E-state index contributed by atoms with van der Waals surface area (Å²) in [6.45, 7) is 13.2. The van der Waals surface area contributed by atoms with Gasteiger partial charge in [0.05, 0.1) is 19.8 Å². The molecule has 1 aromatic carbocycles. The second-order valence-electron chi connectivity index (χ2n) is 10.2. The van der Waals surface area contributed by atoms with Gasteiger partial charge in [0.1, 0.15) is 23.0 Å². The molecule has 0 saturated carbocycles. The number of amides is 1. The van der Waals surface area contributed by atoms with Crippen LogP contribution in [0, 0.1) is 13.8 Å². The third kappa shape index (κ3) is 5.47. The maximum atomic E-state index is 13.8. The largest absolute Gasteiger partial charge is 0.497 e. The monoisotopic (exact) mass is 442 g/mol. The maximum absolute atomic E-state index is 13.8. The van der Waals surface area contributed by atoms with Gasteiger partial charge in [0, 0.05) is 29.7 Å². The van der Waals surface area contributed by atoms with Crippen LogP contribution in [0.2, 0.25) is 0 Å². The first-order valence-corrected chi connectivity index (χ1v) is 11.3. The van der Waals surface area contributed by atoms with Crippen molar-refractivity contribution in [3.05, 3.63) is 46.9 Å². The van der Waals surface area contributed by atoms with Crippen molar-refractivity contribution < 1.29 is 18.7 Å². The minimum atomic E-state index is -0.0654. The zero-order valence-electron chi connectivity index (χ0n) is 20.8. The molecule has 1 aliphatic heterocycles. The molecule has 3 rings (SSSR count). The molecule has 0 spiro atoms. The lowest BCUT2D eigenvalue weighted by Gasteiger charge is -2.49. The van der Waals surface area contributed by atoms with Crippen LogP contribution in [-0.4, -0.2) is 48.7 Å². The van der Waals surface area contributed by atoms with Crippen LogP contribution in [0.4, 0.5) is 0 Å². The number of aryl methyl sites for hydroxylation is 2. The number of carbonyl (C=O) groups is 1. The van der Waals surface area contributed by atoms with Crippen LogP contribution in [0.5, 0.6) is 11.5 Å². The van der Waals surface area contributed by atoms with Crippen molar-refractivity contribution in [1.29, 1.82) is 0 Å². The number of furan rings is 1. The lowest BCUT2D eigenvalue weighted by Crippen LogP contribution is -2.63. The van der Waals surface area contributed by atoms with Crippen LogP contribution in [0.25, 0.3) is 0 Å². The average molecular weight is 443 g/mol. The normalized spacial score (nSPS) is 17.8. The molecule has 1 saturated heterocycles. The van der Waals surface area contributed by atoms with Crippen LogP contribution in [0.15, 0.2) is 28.7 Å². The number of hydrogen-bond donors (Lipinski definition) is 1. The predicted molar refractivity (Wildman–Crippen MR) is 127 cm³/mol. The van der Waals surface area contributed by atoms with E-state index in [-0.39, 0.29) is 23.0 Å². The second-order valence-corrected chi connectivity index (χ2v) is 10.2. The Labute approximate surface area is 192 Å². The molecule has 0 bridgehead atoms. The molecule has 6 heteroatoms. The summed E-state index contributed by atoms with van der Waals surface area (Å²) in [7, 11) is 3.31. The van der Waals surface area contributed by atoms with Crippen LogP contribution >= 0.6 is 0 Å². The summed E-state index contributed by atoms with van der Waals surface area (Å²) < 4.78 is 16.6. The zero-order chi connectivity index (χ0) is 23.7. The molecule has 1 amide bonds. The molecular formula is C26H38N2O4. The predicted octanol–water partition coefficient (Wildman–Crippen LogP) is 4.91. The van der Waals surface area contributed by atoms with E-state index in [1.54, 1.807) is 14.2 Å².